The summed E-state index contributed by atoms with van der Waals surface area (Å²) in [5.41, 5.74) is 2.48. The molecule has 5 heteroatoms. The number of methoxy groups -OCH3 is 2. The van der Waals surface area contributed by atoms with E-state index in [1.807, 2.05) is 24.3 Å². The number of ether oxygens (including phenoxy) is 4. The highest BCUT2D eigenvalue weighted by atomic mass is 16.7. The summed E-state index contributed by atoms with van der Waals surface area (Å²) in [6, 6.07) is 12.2. The molecule has 3 rings (SSSR count). The van der Waals surface area contributed by atoms with E-state index in [-0.39, 0.29) is 6.79 Å². The van der Waals surface area contributed by atoms with Gasteiger partial charge < -0.3 is 24.3 Å². The molecule has 0 saturated carbocycles. The lowest BCUT2D eigenvalue weighted by molar-refractivity contribution is -0.670. The summed E-state index contributed by atoms with van der Waals surface area (Å²) in [6.07, 6.45) is 1.02. The van der Waals surface area contributed by atoms with Crippen LogP contribution >= 0.6 is 0 Å². The van der Waals surface area contributed by atoms with Crippen LogP contribution < -0.4 is 24.3 Å². The fourth-order valence-electron chi connectivity index (χ4n) is 2.63. The molecule has 0 unspecified atom stereocenters. The minimum atomic E-state index is 0.260. The Labute approximate surface area is 136 Å². The Morgan fingerprint density at radius 1 is 1.00 bits per heavy atom. The monoisotopic (exact) mass is 316 g/mol. The van der Waals surface area contributed by atoms with Crippen molar-refractivity contribution in [1.82, 2.24) is 0 Å². The Bertz CT molecular complexity index is 655. The van der Waals surface area contributed by atoms with Crippen molar-refractivity contribution in [2.75, 3.05) is 27.6 Å². The number of rotatable bonds is 7. The summed E-state index contributed by atoms with van der Waals surface area (Å²) >= 11 is 0. The minimum absolute atomic E-state index is 0.260. The summed E-state index contributed by atoms with van der Waals surface area (Å²) in [5, 5.41) is 2.28. The van der Waals surface area contributed by atoms with Gasteiger partial charge in [0.05, 0.1) is 20.8 Å². The van der Waals surface area contributed by atoms with E-state index in [1.54, 1.807) is 14.2 Å². The van der Waals surface area contributed by atoms with E-state index in [4.69, 9.17) is 18.9 Å². The molecule has 0 fully saturated rings. The average molecular weight is 316 g/mol. The number of hydrogen-bond donors (Lipinski definition) is 1. The normalized spacial score (nSPS) is 12.3. The lowest BCUT2D eigenvalue weighted by Crippen LogP contribution is -2.83. The van der Waals surface area contributed by atoms with Gasteiger partial charge in [-0.2, -0.15) is 0 Å². The molecule has 0 spiro atoms. The van der Waals surface area contributed by atoms with Gasteiger partial charge in [-0.25, -0.2) is 0 Å². The summed E-state index contributed by atoms with van der Waals surface area (Å²) in [4.78, 5) is 0. The largest absolute Gasteiger partial charge is 0.497 e. The van der Waals surface area contributed by atoms with Gasteiger partial charge in [0.2, 0.25) is 12.5 Å². The van der Waals surface area contributed by atoms with E-state index in [0.717, 1.165) is 36.8 Å². The van der Waals surface area contributed by atoms with Gasteiger partial charge >= 0.3 is 0 Å². The number of hydrogen-bond acceptors (Lipinski definition) is 4. The van der Waals surface area contributed by atoms with Crippen molar-refractivity contribution in [1.29, 1.82) is 0 Å². The van der Waals surface area contributed by atoms with Gasteiger partial charge in [-0.3, -0.25) is 0 Å². The molecule has 2 aromatic carbocycles. The first-order valence-electron chi connectivity index (χ1n) is 7.71. The third-order valence-corrected chi connectivity index (χ3v) is 3.89. The molecule has 5 nitrogen and oxygen atoms in total. The van der Waals surface area contributed by atoms with Gasteiger partial charge in [-0.15, -0.1) is 0 Å². The number of nitrogens with two attached hydrogens (primary N) is 1. The van der Waals surface area contributed by atoms with Crippen LogP contribution in [0, 0.1) is 0 Å². The van der Waals surface area contributed by atoms with E-state index in [9.17, 15) is 0 Å². The van der Waals surface area contributed by atoms with Crippen molar-refractivity contribution in [3.63, 3.8) is 0 Å². The predicted octanol–water partition coefficient (Wildman–Crippen LogP) is 1.74. The van der Waals surface area contributed by atoms with E-state index in [2.05, 4.69) is 17.4 Å². The lowest BCUT2D eigenvalue weighted by Gasteiger charge is -2.08. The van der Waals surface area contributed by atoms with Gasteiger partial charge in [-0.1, -0.05) is 12.1 Å². The van der Waals surface area contributed by atoms with Gasteiger partial charge in [0, 0.05) is 12.0 Å². The lowest BCUT2D eigenvalue weighted by atomic mass is 10.1. The second-order valence-corrected chi connectivity index (χ2v) is 5.41. The molecule has 23 heavy (non-hydrogen) atoms. The molecule has 1 heterocycles. The van der Waals surface area contributed by atoms with Crippen LogP contribution in [0.5, 0.6) is 23.0 Å². The maximum Gasteiger partial charge on any atom is 0.231 e. The van der Waals surface area contributed by atoms with Crippen LogP contribution in [0.1, 0.15) is 11.1 Å². The quantitative estimate of drug-likeness (QED) is 0.791. The summed E-state index contributed by atoms with van der Waals surface area (Å²) in [7, 11) is 3.33. The molecular weight excluding hydrogens is 294 g/mol. The fourth-order valence-corrected chi connectivity index (χ4v) is 2.63. The number of benzene rings is 2. The van der Waals surface area contributed by atoms with Crippen LogP contribution in [0.3, 0.4) is 0 Å². The van der Waals surface area contributed by atoms with Crippen molar-refractivity contribution in [2.45, 2.75) is 13.0 Å². The first-order valence-corrected chi connectivity index (χ1v) is 7.71. The van der Waals surface area contributed by atoms with E-state index in [1.165, 1.54) is 11.1 Å². The molecule has 122 valence electrons. The van der Waals surface area contributed by atoms with Crippen LogP contribution in [0.4, 0.5) is 0 Å². The van der Waals surface area contributed by atoms with Crippen LogP contribution in [-0.2, 0) is 13.0 Å². The number of quaternary nitrogens is 1. The Balaban J connectivity index is 1.52. The Morgan fingerprint density at radius 3 is 2.57 bits per heavy atom. The third kappa shape index (κ3) is 3.68. The van der Waals surface area contributed by atoms with E-state index >= 15 is 0 Å². The zero-order valence-corrected chi connectivity index (χ0v) is 13.5. The molecule has 0 saturated heterocycles. The topological polar surface area (TPSA) is 53.5 Å². The van der Waals surface area contributed by atoms with Gasteiger partial charge in [-0.05, 0) is 29.8 Å². The SMILES string of the molecule is COc1ccc(CC[NH2+]Cc2cc(OC)c3c(c2)OCO3)cc1. The number of fused-ring (bicyclic) bond motifs is 1. The maximum absolute atomic E-state index is 5.45. The van der Waals surface area contributed by atoms with Crippen LogP contribution in [0.2, 0.25) is 0 Å². The van der Waals surface area contributed by atoms with Crippen molar-refractivity contribution in [2.24, 2.45) is 0 Å². The van der Waals surface area contributed by atoms with Gasteiger partial charge in [0.15, 0.2) is 11.5 Å². The highest BCUT2D eigenvalue weighted by Crippen LogP contribution is 2.41. The van der Waals surface area contributed by atoms with Crippen LogP contribution in [0.25, 0.3) is 0 Å². The van der Waals surface area contributed by atoms with Crippen LogP contribution in [-0.4, -0.2) is 27.6 Å². The zero-order chi connectivity index (χ0) is 16.1. The highest BCUT2D eigenvalue weighted by Gasteiger charge is 2.20. The Kier molecular flexibility index (Phi) is 4.88. The first kappa shape index (κ1) is 15.5. The van der Waals surface area contributed by atoms with Gasteiger partial charge in [0.25, 0.3) is 0 Å². The first-order chi connectivity index (χ1) is 11.3. The molecule has 0 atom stereocenters. The standard InChI is InChI=1S/C18H21NO4/c1-20-15-5-3-13(4-6-15)7-8-19-11-14-9-16(21-2)18-17(10-14)22-12-23-18/h3-6,9-10,19H,7-8,11-12H2,1-2H3/p+1. The molecule has 2 aromatic rings. The molecular formula is C18H22NO4+. The summed E-state index contributed by atoms with van der Waals surface area (Å²) in [6.45, 7) is 2.16. The second-order valence-electron chi connectivity index (χ2n) is 5.41. The summed E-state index contributed by atoms with van der Waals surface area (Å²) < 4.78 is 21.4. The molecule has 0 aromatic heterocycles. The summed E-state index contributed by atoms with van der Waals surface area (Å²) in [5.74, 6) is 3.10. The highest BCUT2D eigenvalue weighted by molar-refractivity contribution is 5.54. The molecule has 1 aliphatic rings. The molecule has 0 radical (unpaired) electrons. The molecule has 0 bridgehead atoms. The van der Waals surface area contributed by atoms with E-state index < -0.39 is 0 Å². The van der Waals surface area contributed by atoms with Crippen molar-refractivity contribution < 1.29 is 24.3 Å². The zero-order valence-electron chi connectivity index (χ0n) is 13.5. The molecule has 0 amide bonds. The van der Waals surface area contributed by atoms with E-state index in [0.29, 0.717) is 5.75 Å². The minimum Gasteiger partial charge on any atom is -0.497 e. The van der Waals surface area contributed by atoms with Crippen molar-refractivity contribution in [3.05, 3.63) is 47.5 Å². The second kappa shape index (κ2) is 7.24. The van der Waals surface area contributed by atoms with Gasteiger partial charge in [0.1, 0.15) is 12.3 Å². The fraction of sp³-hybridized carbons (Fsp3) is 0.333. The molecule has 0 aliphatic carbocycles. The maximum atomic E-state index is 5.45. The third-order valence-electron chi connectivity index (χ3n) is 3.89. The van der Waals surface area contributed by atoms with Crippen molar-refractivity contribution in [3.8, 4) is 23.0 Å². The van der Waals surface area contributed by atoms with Crippen LogP contribution in [0.15, 0.2) is 36.4 Å². The average Bonchev–Trinajstić information content (AvgIpc) is 3.07. The van der Waals surface area contributed by atoms with Crippen molar-refractivity contribution >= 4 is 0 Å². The predicted molar refractivity (Wildman–Crippen MR) is 86.3 cm³/mol. The molecule has 1 aliphatic heterocycles. The molecule has 2 N–H and O–H groups in total. The smallest absolute Gasteiger partial charge is 0.231 e. The Morgan fingerprint density at radius 2 is 1.83 bits per heavy atom. The Hall–Kier alpha value is -2.40.